The van der Waals surface area contributed by atoms with Crippen LogP contribution in [0, 0.1) is 5.92 Å². The third-order valence-corrected chi connectivity index (χ3v) is 3.22. The van der Waals surface area contributed by atoms with E-state index in [-0.39, 0.29) is 18.0 Å². The molecule has 1 aliphatic rings. The zero-order valence-corrected chi connectivity index (χ0v) is 11.3. The van der Waals surface area contributed by atoms with E-state index in [1.807, 2.05) is 0 Å². The highest BCUT2D eigenvalue weighted by Gasteiger charge is 2.35. The fourth-order valence-corrected chi connectivity index (χ4v) is 2.05. The van der Waals surface area contributed by atoms with E-state index in [0.717, 1.165) is 13.1 Å². The molecule has 1 rings (SSSR count). The Balaban J connectivity index is 2.36. The minimum absolute atomic E-state index is 0.109. The van der Waals surface area contributed by atoms with Crippen molar-refractivity contribution < 1.29 is 13.2 Å². The molecular formula is C13H23F3N2. The van der Waals surface area contributed by atoms with Gasteiger partial charge in [-0.25, -0.2) is 0 Å². The second kappa shape index (κ2) is 6.57. The minimum atomic E-state index is -4.15. The number of hydrogen-bond donors (Lipinski definition) is 1. The summed E-state index contributed by atoms with van der Waals surface area (Å²) in [5.41, 5.74) is -0.374. The molecule has 0 saturated carbocycles. The summed E-state index contributed by atoms with van der Waals surface area (Å²) in [5, 5.41) is 3.34. The fraction of sp³-hybridized carbons (Fsp3) is 0.846. The molecule has 2 nitrogen and oxygen atoms in total. The highest BCUT2D eigenvalue weighted by molar-refractivity contribution is 5.13. The molecule has 18 heavy (non-hydrogen) atoms. The Morgan fingerprint density at radius 1 is 1.28 bits per heavy atom. The lowest BCUT2D eigenvalue weighted by molar-refractivity contribution is -0.0963. The van der Waals surface area contributed by atoms with Crippen LogP contribution in [0.1, 0.15) is 27.2 Å². The molecule has 1 aliphatic heterocycles. The predicted octanol–water partition coefficient (Wildman–Crippen LogP) is 2.81. The molecular weight excluding hydrogens is 241 g/mol. The van der Waals surface area contributed by atoms with Crippen molar-refractivity contribution in [1.82, 2.24) is 10.2 Å². The molecule has 0 bridgehead atoms. The highest BCUT2D eigenvalue weighted by atomic mass is 19.4. The Bertz CT molecular complexity index is 284. The van der Waals surface area contributed by atoms with Crippen molar-refractivity contribution in [2.24, 2.45) is 5.92 Å². The second-order valence-corrected chi connectivity index (χ2v) is 5.37. The van der Waals surface area contributed by atoms with Crippen molar-refractivity contribution in [1.29, 1.82) is 0 Å². The normalized spacial score (nSPS) is 20.1. The van der Waals surface area contributed by atoms with E-state index in [1.54, 1.807) is 0 Å². The number of nitrogens with zero attached hydrogens (tertiary/aromatic N) is 1. The van der Waals surface area contributed by atoms with E-state index in [9.17, 15) is 13.2 Å². The lowest BCUT2D eigenvalue weighted by Gasteiger charge is -2.32. The standard InChI is InChI=1S/C13H23F3N2/c1-10(2)8-17-9-11(3)18-6-4-12(5-7-18)13(14,15)16/h4,10-11,17H,5-9H2,1-3H3. The third kappa shape index (κ3) is 4.98. The predicted molar refractivity (Wildman–Crippen MR) is 67.5 cm³/mol. The van der Waals surface area contributed by atoms with Crippen LogP contribution < -0.4 is 5.32 Å². The van der Waals surface area contributed by atoms with Gasteiger partial charge in [0.2, 0.25) is 0 Å². The van der Waals surface area contributed by atoms with Gasteiger partial charge in [0.25, 0.3) is 0 Å². The summed E-state index contributed by atoms with van der Waals surface area (Å²) in [4.78, 5) is 2.09. The van der Waals surface area contributed by atoms with E-state index in [1.165, 1.54) is 6.08 Å². The molecule has 0 spiro atoms. The van der Waals surface area contributed by atoms with Crippen LogP contribution in [0.25, 0.3) is 0 Å². The van der Waals surface area contributed by atoms with Gasteiger partial charge in [-0.15, -0.1) is 0 Å². The lowest BCUT2D eigenvalue weighted by atomic mass is 10.1. The number of hydrogen-bond acceptors (Lipinski definition) is 2. The van der Waals surface area contributed by atoms with Gasteiger partial charge in [0, 0.05) is 31.2 Å². The van der Waals surface area contributed by atoms with E-state index in [4.69, 9.17) is 0 Å². The van der Waals surface area contributed by atoms with Crippen molar-refractivity contribution in [2.45, 2.75) is 39.4 Å². The van der Waals surface area contributed by atoms with E-state index < -0.39 is 6.18 Å². The minimum Gasteiger partial charge on any atom is -0.315 e. The summed E-state index contributed by atoms with van der Waals surface area (Å²) in [6.07, 6.45) is -2.72. The molecule has 0 aromatic heterocycles. The van der Waals surface area contributed by atoms with Gasteiger partial charge in [-0.05, 0) is 25.8 Å². The van der Waals surface area contributed by atoms with Gasteiger partial charge in [-0.2, -0.15) is 13.2 Å². The zero-order valence-electron chi connectivity index (χ0n) is 11.3. The molecule has 0 aliphatic carbocycles. The van der Waals surface area contributed by atoms with Crippen molar-refractivity contribution in [3.63, 3.8) is 0 Å². The number of rotatable bonds is 5. The Morgan fingerprint density at radius 3 is 2.39 bits per heavy atom. The van der Waals surface area contributed by atoms with Gasteiger partial charge in [0.15, 0.2) is 0 Å². The SMILES string of the molecule is CC(C)CNCC(C)N1CC=C(C(F)(F)F)CC1. The largest absolute Gasteiger partial charge is 0.412 e. The van der Waals surface area contributed by atoms with Gasteiger partial charge in [-0.3, -0.25) is 4.90 Å². The molecule has 1 heterocycles. The lowest BCUT2D eigenvalue weighted by Crippen LogP contribution is -2.44. The Kier molecular flexibility index (Phi) is 5.66. The van der Waals surface area contributed by atoms with Gasteiger partial charge < -0.3 is 5.32 Å². The summed E-state index contributed by atoms with van der Waals surface area (Å²) in [5.74, 6) is 0.593. The molecule has 0 fully saturated rings. The molecule has 0 radical (unpaired) electrons. The van der Waals surface area contributed by atoms with Crippen molar-refractivity contribution >= 4 is 0 Å². The first-order valence-electron chi connectivity index (χ1n) is 6.51. The molecule has 0 amide bonds. The van der Waals surface area contributed by atoms with E-state index in [2.05, 4.69) is 31.0 Å². The summed E-state index contributed by atoms with van der Waals surface area (Å²) in [6.45, 7) is 9.00. The molecule has 1 atom stereocenters. The first kappa shape index (κ1) is 15.5. The van der Waals surface area contributed by atoms with Crippen molar-refractivity contribution in [2.75, 3.05) is 26.2 Å². The number of nitrogens with one attached hydrogen (secondary N) is 1. The molecule has 0 saturated heterocycles. The van der Waals surface area contributed by atoms with Gasteiger partial charge in [-0.1, -0.05) is 19.9 Å². The number of alkyl halides is 3. The Morgan fingerprint density at radius 2 is 1.94 bits per heavy atom. The van der Waals surface area contributed by atoms with Crippen LogP contribution in [0.15, 0.2) is 11.6 Å². The summed E-state index contributed by atoms with van der Waals surface area (Å²) < 4.78 is 37.4. The smallest absolute Gasteiger partial charge is 0.315 e. The fourth-order valence-electron chi connectivity index (χ4n) is 2.05. The summed E-state index contributed by atoms with van der Waals surface area (Å²) in [7, 11) is 0. The molecule has 5 heteroatoms. The van der Waals surface area contributed by atoms with Crippen molar-refractivity contribution in [3.8, 4) is 0 Å². The first-order valence-corrected chi connectivity index (χ1v) is 6.51. The topological polar surface area (TPSA) is 15.3 Å². The molecule has 106 valence electrons. The van der Waals surface area contributed by atoms with Crippen LogP contribution in [-0.2, 0) is 0 Å². The first-order chi connectivity index (χ1) is 8.30. The molecule has 0 aromatic carbocycles. The van der Waals surface area contributed by atoms with Crippen LogP contribution in [0.3, 0.4) is 0 Å². The number of halogens is 3. The second-order valence-electron chi connectivity index (χ2n) is 5.37. The van der Waals surface area contributed by atoms with Gasteiger partial charge in [0.05, 0.1) is 0 Å². The van der Waals surface area contributed by atoms with Gasteiger partial charge in [0.1, 0.15) is 0 Å². The zero-order chi connectivity index (χ0) is 13.8. The third-order valence-electron chi connectivity index (χ3n) is 3.22. The van der Waals surface area contributed by atoms with Crippen LogP contribution in [-0.4, -0.2) is 43.3 Å². The molecule has 1 N–H and O–H groups in total. The quantitative estimate of drug-likeness (QED) is 0.768. The van der Waals surface area contributed by atoms with Gasteiger partial charge >= 0.3 is 6.18 Å². The van der Waals surface area contributed by atoms with Crippen LogP contribution >= 0.6 is 0 Å². The maximum Gasteiger partial charge on any atom is 0.412 e. The van der Waals surface area contributed by atoms with Crippen LogP contribution in [0.5, 0.6) is 0 Å². The van der Waals surface area contributed by atoms with E-state index >= 15 is 0 Å². The Hall–Kier alpha value is -0.550. The van der Waals surface area contributed by atoms with Crippen LogP contribution in [0.4, 0.5) is 13.2 Å². The average molecular weight is 264 g/mol. The average Bonchev–Trinajstić information content (AvgIpc) is 2.27. The summed E-state index contributed by atoms with van der Waals surface area (Å²) >= 11 is 0. The monoisotopic (exact) mass is 264 g/mol. The highest BCUT2D eigenvalue weighted by Crippen LogP contribution is 2.30. The summed E-state index contributed by atoms with van der Waals surface area (Å²) in [6, 6.07) is 0.273. The van der Waals surface area contributed by atoms with E-state index in [0.29, 0.717) is 19.0 Å². The van der Waals surface area contributed by atoms with Crippen molar-refractivity contribution in [3.05, 3.63) is 11.6 Å². The molecule has 1 unspecified atom stereocenters. The van der Waals surface area contributed by atoms with Crippen LogP contribution in [0.2, 0.25) is 0 Å². The molecule has 0 aromatic rings. The maximum absolute atomic E-state index is 12.5. The maximum atomic E-state index is 12.5. The Labute approximate surface area is 107 Å².